The fourth-order valence-corrected chi connectivity index (χ4v) is 8.25. The Morgan fingerprint density at radius 3 is 1.38 bits per heavy atom. The van der Waals surface area contributed by atoms with Gasteiger partial charge in [-0.15, -0.1) is 11.1 Å². The van der Waals surface area contributed by atoms with E-state index in [0.29, 0.717) is 5.54 Å². The zero-order valence-electron chi connectivity index (χ0n) is 11.9. The third-order valence-corrected chi connectivity index (χ3v) is 10.9. The Bertz CT molecular complexity index is 170. The van der Waals surface area contributed by atoms with Crippen LogP contribution in [0.2, 0.25) is 5.54 Å². The average molecular weight is 265 g/mol. The van der Waals surface area contributed by atoms with Crippen molar-refractivity contribution in [2.45, 2.75) is 53.5 Å². The lowest BCUT2D eigenvalue weighted by Crippen LogP contribution is -2.64. The third kappa shape index (κ3) is 3.22. The molecule has 1 atom stereocenters. The Morgan fingerprint density at radius 2 is 1.19 bits per heavy atom. The molecule has 0 heterocycles. The summed E-state index contributed by atoms with van der Waals surface area (Å²) in [6.45, 7) is 17.7. The Labute approximate surface area is 108 Å². The minimum Gasteiger partial charge on any atom is -0.300 e. The van der Waals surface area contributed by atoms with Crippen molar-refractivity contribution < 1.29 is 0 Å². The van der Waals surface area contributed by atoms with Gasteiger partial charge >= 0.3 is 7.71 Å². The summed E-state index contributed by atoms with van der Waals surface area (Å²) in [5.41, 5.74) is 0.606. The molecule has 0 aromatic rings. The Kier molecular flexibility index (Phi) is 7.90. The lowest BCUT2D eigenvalue weighted by molar-refractivity contribution is 0.355. The molecule has 0 spiro atoms. The molecule has 0 saturated heterocycles. The summed E-state index contributed by atoms with van der Waals surface area (Å²) in [5, 5.41) is 0. The highest BCUT2D eigenvalue weighted by atomic mass is 35.6. The molecule has 1 unspecified atom stereocenters. The lowest BCUT2D eigenvalue weighted by atomic mass is 10.4. The predicted molar refractivity (Wildman–Crippen MR) is 77.2 cm³/mol. The molecule has 0 aliphatic carbocycles. The van der Waals surface area contributed by atoms with Crippen molar-refractivity contribution in [1.29, 1.82) is 0 Å². The molecule has 0 fully saturated rings. The van der Waals surface area contributed by atoms with Gasteiger partial charge in [-0.25, -0.2) is 0 Å². The first-order chi connectivity index (χ1) is 7.52. The standard InChI is InChI=1S/C12H29ClN2Si/c1-7-12(6)16(13,14(8-2)9-3)15(10-4)11-5/h12H,7-11H2,1-6H3. The summed E-state index contributed by atoms with van der Waals surface area (Å²) in [5.74, 6) is 0. The number of hydrogen-bond donors (Lipinski definition) is 0. The van der Waals surface area contributed by atoms with Crippen LogP contribution in [0.3, 0.4) is 0 Å². The molecule has 16 heavy (non-hydrogen) atoms. The Balaban J connectivity index is 5.13. The van der Waals surface area contributed by atoms with Crippen LogP contribution in [0.4, 0.5) is 0 Å². The summed E-state index contributed by atoms with van der Waals surface area (Å²) in [7, 11) is -1.97. The maximum absolute atomic E-state index is 7.11. The third-order valence-electron chi connectivity index (χ3n) is 3.65. The Morgan fingerprint density at radius 1 is 0.875 bits per heavy atom. The molecular weight excluding hydrogens is 236 g/mol. The van der Waals surface area contributed by atoms with Gasteiger partial charge in [-0.05, 0) is 31.7 Å². The minimum atomic E-state index is -1.97. The monoisotopic (exact) mass is 264 g/mol. The highest BCUT2D eigenvalue weighted by Gasteiger charge is 2.46. The molecule has 4 heteroatoms. The molecule has 2 nitrogen and oxygen atoms in total. The molecule has 98 valence electrons. The van der Waals surface area contributed by atoms with E-state index in [1.165, 1.54) is 6.42 Å². The van der Waals surface area contributed by atoms with Gasteiger partial charge in [0.25, 0.3) is 0 Å². The summed E-state index contributed by atoms with van der Waals surface area (Å²) >= 11 is 7.11. The minimum absolute atomic E-state index is 0.606. The second-order valence-corrected chi connectivity index (χ2v) is 9.48. The van der Waals surface area contributed by atoms with E-state index >= 15 is 0 Å². The van der Waals surface area contributed by atoms with Crippen molar-refractivity contribution in [3.05, 3.63) is 0 Å². The van der Waals surface area contributed by atoms with Crippen LogP contribution in [0, 0.1) is 0 Å². The number of halogens is 1. The topological polar surface area (TPSA) is 6.48 Å². The van der Waals surface area contributed by atoms with Crippen LogP contribution in [-0.2, 0) is 0 Å². The van der Waals surface area contributed by atoms with Crippen molar-refractivity contribution in [1.82, 2.24) is 9.13 Å². The van der Waals surface area contributed by atoms with Crippen LogP contribution in [0.25, 0.3) is 0 Å². The van der Waals surface area contributed by atoms with Crippen LogP contribution >= 0.6 is 11.1 Å². The van der Waals surface area contributed by atoms with Gasteiger partial charge in [0.2, 0.25) is 0 Å². The Hall–Kier alpha value is 0.427. The molecule has 0 N–H and O–H groups in total. The van der Waals surface area contributed by atoms with Gasteiger partial charge < -0.3 is 9.13 Å². The normalized spacial score (nSPS) is 14.8. The second kappa shape index (κ2) is 7.70. The van der Waals surface area contributed by atoms with Gasteiger partial charge in [-0.1, -0.05) is 48.0 Å². The summed E-state index contributed by atoms with van der Waals surface area (Å²) in [4.78, 5) is 0. The summed E-state index contributed by atoms with van der Waals surface area (Å²) in [6.07, 6.45) is 1.17. The van der Waals surface area contributed by atoms with Gasteiger partial charge in [0.05, 0.1) is 0 Å². The van der Waals surface area contributed by atoms with E-state index < -0.39 is 7.71 Å². The van der Waals surface area contributed by atoms with Gasteiger partial charge in [-0.2, -0.15) is 0 Å². The van der Waals surface area contributed by atoms with E-state index in [-0.39, 0.29) is 0 Å². The highest BCUT2D eigenvalue weighted by Crippen LogP contribution is 2.34. The van der Waals surface area contributed by atoms with Gasteiger partial charge in [0, 0.05) is 0 Å². The van der Waals surface area contributed by atoms with Crippen LogP contribution in [0.1, 0.15) is 48.0 Å². The average Bonchev–Trinajstić information content (AvgIpc) is 2.30. The maximum Gasteiger partial charge on any atom is 0.310 e. The maximum atomic E-state index is 7.11. The van der Waals surface area contributed by atoms with Crippen molar-refractivity contribution >= 4 is 18.8 Å². The molecule has 0 aliphatic rings. The predicted octanol–water partition coefficient (Wildman–Crippen LogP) is 3.65. The molecule has 0 bridgehead atoms. The molecule has 0 aromatic heterocycles. The molecule has 0 saturated carbocycles. The summed E-state index contributed by atoms with van der Waals surface area (Å²) < 4.78 is 5.02. The second-order valence-electron chi connectivity index (χ2n) is 4.29. The first kappa shape index (κ1) is 16.4. The number of hydrogen-bond acceptors (Lipinski definition) is 2. The van der Waals surface area contributed by atoms with Crippen LogP contribution in [0.15, 0.2) is 0 Å². The summed E-state index contributed by atoms with van der Waals surface area (Å²) in [6, 6.07) is 0. The fraction of sp³-hybridized carbons (Fsp3) is 1.00. The van der Waals surface area contributed by atoms with Gasteiger partial charge in [0.15, 0.2) is 0 Å². The number of rotatable bonds is 8. The molecule has 0 aromatic carbocycles. The van der Waals surface area contributed by atoms with Crippen molar-refractivity contribution in [2.75, 3.05) is 26.2 Å². The van der Waals surface area contributed by atoms with Crippen molar-refractivity contribution in [3.8, 4) is 0 Å². The first-order valence-electron chi connectivity index (χ1n) is 6.71. The zero-order valence-corrected chi connectivity index (χ0v) is 13.6. The number of nitrogens with zero attached hydrogens (tertiary/aromatic N) is 2. The fourth-order valence-electron chi connectivity index (χ4n) is 2.42. The van der Waals surface area contributed by atoms with E-state index in [9.17, 15) is 0 Å². The molecule has 0 aliphatic heterocycles. The molecule has 0 amide bonds. The van der Waals surface area contributed by atoms with Crippen molar-refractivity contribution in [3.63, 3.8) is 0 Å². The van der Waals surface area contributed by atoms with E-state index in [2.05, 4.69) is 50.7 Å². The van der Waals surface area contributed by atoms with Crippen LogP contribution < -0.4 is 0 Å². The smallest absolute Gasteiger partial charge is 0.300 e. The lowest BCUT2D eigenvalue weighted by Gasteiger charge is -2.46. The molecular formula is C12H29ClN2Si. The van der Waals surface area contributed by atoms with E-state index in [0.717, 1.165) is 26.2 Å². The SMILES string of the molecule is CCC(C)[Si](Cl)(N(CC)CC)N(CC)CC. The van der Waals surface area contributed by atoms with E-state index in [4.69, 9.17) is 11.1 Å². The van der Waals surface area contributed by atoms with Gasteiger partial charge in [0.1, 0.15) is 0 Å². The van der Waals surface area contributed by atoms with E-state index in [1.807, 2.05) is 0 Å². The largest absolute Gasteiger partial charge is 0.310 e. The highest BCUT2D eigenvalue weighted by molar-refractivity contribution is 7.17. The molecule has 0 radical (unpaired) electrons. The van der Waals surface area contributed by atoms with Crippen LogP contribution in [0.5, 0.6) is 0 Å². The first-order valence-corrected chi connectivity index (χ1v) is 9.69. The van der Waals surface area contributed by atoms with E-state index in [1.54, 1.807) is 0 Å². The zero-order chi connectivity index (χ0) is 12.8. The van der Waals surface area contributed by atoms with Crippen molar-refractivity contribution in [2.24, 2.45) is 0 Å². The quantitative estimate of drug-likeness (QED) is 0.488. The van der Waals surface area contributed by atoms with Gasteiger partial charge in [-0.3, -0.25) is 0 Å². The molecule has 0 rings (SSSR count). The van der Waals surface area contributed by atoms with Crippen LogP contribution in [-0.4, -0.2) is 43.0 Å².